The maximum absolute atomic E-state index is 13.2. The van der Waals surface area contributed by atoms with Gasteiger partial charge in [0.15, 0.2) is 23.2 Å². The number of hydrogen-bond acceptors (Lipinski definition) is 10. The fourth-order valence-corrected chi connectivity index (χ4v) is 3.98. The van der Waals surface area contributed by atoms with Crippen LogP contribution in [0.25, 0.3) is 0 Å². The number of ether oxygens (including phenoxy) is 6. The van der Waals surface area contributed by atoms with E-state index >= 15 is 0 Å². The van der Waals surface area contributed by atoms with Gasteiger partial charge in [0.25, 0.3) is 5.91 Å². The van der Waals surface area contributed by atoms with Crippen LogP contribution in [0.1, 0.15) is 64.9 Å². The SMILES string of the molecule is COc1ccnc(C(=O)NC2COCC(CCC(C)C)C(OCC(C)C)C(C)OC2=O)c1OCOC(C)=O. The van der Waals surface area contributed by atoms with Crippen molar-refractivity contribution in [3.63, 3.8) is 0 Å². The minimum Gasteiger partial charge on any atom is -0.493 e. The number of nitrogens with zero attached hydrogens (tertiary/aromatic N) is 1. The molecule has 1 aromatic heterocycles. The van der Waals surface area contributed by atoms with Crippen LogP contribution >= 0.6 is 0 Å². The molecule has 1 aliphatic rings. The molecule has 1 fully saturated rings. The zero-order chi connectivity index (χ0) is 28.2. The van der Waals surface area contributed by atoms with Gasteiger partial charge in [0.2, 0.25) is 6.79 Å². The highest BCUT2D eigenvalue weighted by Crippen LogP contribution is 2.30. The molecule has 11 nitrogen and oxygen atoms in total. The van der Waals surface area contributed by atoms with Crippen LogP contribution in [-0.4, -0.2) is 74.8 Å². The molecule has 1 amide bonds. The molecule has 1 N–H and O–H groups in total. The number of esters is 2. The average Bonchev–Trinajstić information content (AvgIpc) is 2.89. The first-order valence-electron chi connectivity index (χ1n) is 13.0. The number of carbonyl (C=O) groups excluding carboxylic acids is 3. The lowest BCUT2D eigenvalue weighted by Crippen LogP contribution is -2.46. The van der Waals surface area contributed by atoms with Gasteiger partial charge in [0.1, 0.15) is 6.10 Å². The van der Waals surface area contributed by atoms with Crippen LogP contribution in [0, 0.1) is 17.8 Å². The van der Waals surface area contributed by atoms with E-state index in [-0.39, 0.29) is 35.8 Å². The van der Waals surface area contributed by atoms with Gasteiger partial charge in [-0.3, -0.25) is 9.59 Å². The molecule has 0 spiro atoms. The molecule has 1 saturated heterocycles. The molecule has 0 aromatic carbocycles. The Labute approximate surface area is 224 Å². The topological polar surface area (TPSA) is 132 Å². The smallest absolute Gasteiger partial charge is 0.331 e. The Kier molecular flexibility index (Phi) is 12.8. The molecule has 4 atom stereocenters. The van der Waals surface area contributed by atoms with Crippen molar-refractivity contribution in [1.29, 1.82) is 0 Å². The van der Waals surface area contributed by atoms with Gasteiger partial charge >= 0.3 is 11.9 Å². The summed E-state index contributed by atoms with van der Waals surface area (Å²) in [4.78, 5) is 41.5. The molecule has 38 heavy (non-hydrogen) atoms. The van der Waals surface area contributed by atoms with Gasteiger partial charge in [-0.15, -0.1) is 0 Å². The Morgan fingerprint density at radius 3 is 2.55 bits per heavy atom. The summed E-state index contributed by atoms with van der Waals surface area (Å²) in [5.41, 5.74) is -0.148. The summed E-state index contributed by atoms with van der Waals surface area (Å²) in [7, 11) is 1.40. The quantitative estimate of drug-likeness (QED) is 0.313. The van der Waals surface area contributed by atoms with Crippen molar-refractivity contribution in [2.24, 2.45) is 17.8 Å². The first kappa shape index (κ1) is 31.3. The van der Waals surface area contributed by atoms with Crippen LogP contribution in [0.2, 0.25) is 0 Å². The highest BCUT2D eigenvalue weighted by Gasteiger charge is 2.36. The second-order valence-corrected chi connectivity index (χ2v) is 10.2. The third-order valence-corrected chi connectivity index (χ3v) is 5.94. The Morgan fingerprint density at radius 2 is 1.92 bits per heavy atom. The number of hydrogen-bond donors (Lipinski definition) is 1. The van der Waals surface area contributed by atoms with Gasteiger partial charge in [-0.25, -0.2) is 9.78 Å². The third-order valence-electron chi connectivity index (χ3n) is 5.94. The average molecular weight is 539 g/mol. The zero-order valence-corrected chi connectivity index (χ0v) is 23.5. The zero-order valence-electron chi connectivity index (χ0n) is 23.5. The van der Waals surface area contributed by atoms with Crippen molar-refractivity contribution in [3.8, 4) is 11.5 Å². The molecular formula is C27H42N2O9. The number of aromatic nitrogens is 1. The van der Waals surface area contributed by atoms with Crippen molar-refractivity contribution in [1.82, 2.24) is 10.3 Å². The standard InChI is InChI=1S/C27H42N2O9/c1-16(2)8-9-20-13-34-14-21(27(32)38-18(5)24(20)35-12-17(3)4)29-26(31)23-25(37-15-36-19(6)30)22(33-7)10-11-28-23/h10-11,16-18,20-21,24H,8-9,12-15H2,1-7H3,(H,29,31). The summed E-state index contributed by atoms with van der Waals surface area (Å²) in [5.74, 6) is -0.882. The molecule has 0 radical (unpaired) electrons. The largest absolute Gasteiger partial charge is 0.493 e. The summed E-state index contributed by atoms with van der Waals surface area (Å²) < 4.78 is 33.4. The van der Waals surface area contributed by atoms with Crippen LogP contribution in [0.4, 0.5) is 0 Å². The van der Waals surface area contributed by atoms with E-state index in [0.29, 0.717) is 25.0 Å². The van der Waals surface area contributed by atoms with Gasteiger partial charge in [-0.05, 0) is 25.2 Å². The van der Waals surface area contributed by atoms with Crippen LogP contribution < -0.4 is 14.8 Å². The summed E-state index contributed by atoms with van der Waals surface area (Å²) in [6.45, 7) is 11.8. The van der Waals surface area contributed by atoms with Gasteiger partial charge in [0.05, 0.1) is 26.4 Å². The van der Waals surface area contributed by atoms with E-state index in [1.165, 1.54) is 26.3 Å². The Balaban J connectivity index is 2.21. The maximum Gasteiger partial charge on any atom is 0.331 e. The Bertz CT molecular complexity index is 922. The lowest BCUT2D eigenvalue weighted by atomic mass is 9.91. The number of rotatable bonds is 12. The number of amides is 1. The van der Waals surface area contributed by atoms with Crippen molar-refractivity contribution in [3.05, 3.63) is 18.0 Å². The minimum absolute atomic E-state index is 0.0229. The lowest BCUT2D eigenvalue weighted by Gasteiger charge is -2.31. The van der Waals surface area contributed by atoms with E-state index in [0.717, 1.165) is 12.8 Å². The summed E-state index contributed by atoms with van der Waals surface area (Å²) in [6.07, 6.45) is 2.32. The molecule has 1 aliphatic heterocycles. The highest BCUT2D eigenvalue weighted by molar-refractivity contribution is 5.98. The predicted molar refractivity (Wildman–Crippen MR) is 138 cm³/mol. The molecular weight excluding hydrogens is 496 g/mol. The molecule has 214 valence electrons. The molecule has 0 aliphatic carbocycles. The van der Waals surface area contributed by atoms with Crippen LogP contribution in [-0.2, 0) is 28.5 Å². The molecule has 4 unspecified atom stereocenters. The molecule has 0 bridgehead atoms. The van der Waals surface area contributed by atoms with Crippen molar-refractivity contribution in [2.45, 2.75) is 72.6 Å². The second kappa shape index (κ2) is 15.5. The van der Waals surface area contributed by atoms with E-state index in [9.17, 15) is 14.4 Å². The molecule has 1 aromatic rings. The van der Waals surface area contributed by atoms with Crippen molar-refractivity contribution < 1.29 is 42.8 Å². The van der Waals surface area contributed by atoms with E-state index in [1.54, 1.807) is 6.92 Å². The second-order valence-electron chi connectivity index (χ2n) is 10.2. The van der Waals surface area contributed by atoms with E-state index in [2.05, 4.69) is 38.0 Å². The van der Waals surface area contributed by atoms with Crippen LogP contribution in [0.15, 0.2) is 12.3 Å². The van der Waals surface area contributed by atoms with E-state index < -0.39 is 36.8 Å². The first-order valence-corrected chi connectivity index (χ1v) is 13.0. The van der Waals surface area contributed by atoms with Crippen molar-refractivity contribution >= 4 is 17.8 Å². The molecule has 11 heteroatoms. The fraction of sp³-hybridized carbons (Fsp3) is 0.704. The number of cyclic esters (lactones) is 1. The number of methoxy groups -OCH3 is 1. The minimum atomic E-state index is -1.09. The maximum atomic E-state index is 13.2. The highest BCUT2D eigenvalue weighted by atomic mass is 16.7. The number of nitrogens with one attached hydrogen (secondary N) is 1. The number of carbonyl (C=O) groups is 3. The Morgan fingerprint density at radius 1 is 1.18 bits per heavy atom. The summed E-state index contributed by atoms with van der Waals surface area (Å²) in [6, 6.07) is 0.405. The van der Waals surface area contributed by atoms with Gasteiger partial charge < -0.3 is 33.7 Å². The summed E-state index contributed by atoms with van der Waals surface area (Å²) >= 11 is 0. The van der Waals surface area contributed by atoms with E-state index in [1.807, 2.05) is 0 Å². The van der Waals surface area contributed by atoms with Gasteiger partial charge in [-0.1, -0.05) is 34.1 Å². The summed E-state index contributed by atoms with van der Waals surface area (Å²) in [5, 5.41) is 2.64. The van der Waals surface area contributed by atoms with Crippen LogP contribution in [0.5, 0.6) is 11.5 Å². The predicted octanol–water partition coefficient (Wildman–Crippen LogP) is 3.14. The molecule has 2 rings (SSSR count). The first-order chi connectivity index (χ1) is 18.0. The van der Waals surface area contributed by atoms with Crippen LogP contribution in [0.3, 0.4) is 0 Å². The lowest BCUT2D eigenvalue weighted by molar-refractivity contribution is -0.161. The normalized spacial score (nSPS) is 22.2. The van der Waals surface area contributed by atoms with Gasteiger partial charge in [-0.2, -0.15) is 0 Å². The monoisotopic (exact) mass is 538 g/mol. The Hall–Kier alpha value is -2.92. The third kappa shape index (κ3) is 9.75. The van der Waals surface area contributed by atoms with E-state index in [4.69, 9.17) is 28.4 Å². The number of pyridine rings is 1. The fourth-order valence-electron chi connectivity index (χ4n) is 3.98. The van der Waals surface area contributed by atoms with Crippen molar-refractivity contribution in [2.75, 3.05) is 33.7 Å². The molecule has 2 heterocycles. The van der Waals surface area contributed by atoms with Gasteiger partial charge in [0, 0.05) is 31.7 Å². The molecule has 0 saturated carbocycles.